The number of hydrogen-bond donors (Lipinski definition) is 2. The van der Waals surface area contributed by atoms with Gasteiger partial charge in [0.2, 0.25) is 0 Å². The molecule has 1 fully saturated rings. The summed E-state index contributed by atoms with van der Waals surface area (Å²) in [4.78, 5) is 27.7. The van der Waals surface area contributed by atoms with E-state index in [-0.39, 0.29) is 24.4 Å². The van der Waals surface area contributed by atoms with Crippen molar-refractivity contribution in [1.29, 1.82) is 0 Å². The van der Waals surface area contributed by atoms with Crippen LogP contribution in [0.3, 0.4) is 0 Å². The molecule has 5 nitrogen and oxygen atoms in total. The van der Waals surface area contributed by atoms with E-state index in [0.717, 1.165) is 37.1 Å². The summed E-state index contributed by atoms with van der Waals surface area (Å²) in [6.45, 7) is 3.39. The first-order valence-corrected chi connectivity index (χ1v) is 12.4. The normalized spacial score (nSPS) is 14.3. The van der Waals surface area contributed by atoms with Crippen molar-refractivity contribution in [1.82, 2.24) is 10.6 Å². The summed E-state index contributed by atoms with van der Waals surface area (Å²) < 4.78 is 39.0. The van der Waals surface area contributed by atoms with Crippen molar-refractivity contribution in [3.63, 3.8) is 0 Å². The maximum absolute atomic E-state index is 13.0. The van der Waals surface area contributed by atoms with Crippen LogP contribution >= 0.6 is 0 Å². The third-order valence-electron chi connectivity index (χ3n) is 6.65. The lowest BCUT2D eigenvalue weighted by Gasteiger charge is -2.35. The molecule has 0 spiro atoms. The van der Waals surface area contributed by atoms with Gasteiger partial charge in [0.25, 0.3) is 11.8 Å². The zero-order valence-corrected chi connectivity index (χ0v) is 20.6. The molecule has 8 heteroatoms. The van der Waals surface area contributed by atoms with Gasteiger partial charge in [0.1, 0.15) is 0 Å². The Kier molecular flexibility index (Phi) is 8.16. The highest BCUT2D eigenvalue weighted by Gasteiger charge is 2.30. The fourth-order valence-electron chi connectivity index (χ4n) is 4.50. The second-order valence-electron chi connectivity index (χ2n) is 9.18. The largest absolute Gasteiger partial charge is 0.416 e. The minimum atomic E-state index is -4.43. The number of carbonyl (C=O) groups is 2. The molecule has 0 aliphatic carbocycles. The average molecular weight is 510 g/mol. The van der Waals surface area contributed by atoms with Gasteiger partial charge in [-0.1, -0.05) is 43.3 Å². The van der Waals surface area contributed by atoms with E-state index in [4.69, 9.17) is 0 Å². The van der Waals surface area contributed by atoms with Gasteiger partial charge in [-0.15, -0.1) is 0 Å². The Morgan fingerprint density at radius 2 is 1.59 bits per heavy atom. The molecular formula is C29H30F3N3O2. The number of para-hydroxylation sites is 1. The summed E-state index contributed by atoms with van der Waals surface area (Å²) >= 11 is 0. The van der Waals surface area contributed by atoms with Crippen LogP contribution in [-0.2, 0) is 19.1 Å². The predicted octanol–water partition coefficient (Wildman–Crippen LogP) is 5.60. The number of anilines is 1. The second-order valence-corrected chi connectivity index (χ2v) is 9.18. The van der Waals surface area contributed by atoms with Gasteiger partial charge in [0.15, 0.2) is 0 Å². The van der Waals surface area contributed by atoms with Gasteiger partial charge >= 0.3 is 6.18 Å². The number of aryl methyl sites for hydroxylation is 1. The Morgan fingerprint density at radius 1 is 0.892 bits per heavy atom. The SMILES string of the molecule is CCc1ccc(C(=O)NC2CCN(c3ccccc3C(=O)NCc3cccc(C(F)(F)F)c3)CC2)cc1. The fourth-order valence-corrected chi connectivity index (χ4v) is 4.50. The lowest BCUT2D eigenvalue weighted by molar-refractivity contribution is -0.137. The third kappa shape index (κ3) is 6.70. The second kappa shape index (κ2) is 11.5. The number of halogens is 3. The van der Waals surface area contributed by atoms with Crippen LogP contribution in [0.15, 0.2) is 72.8 Å². The van der Waals surface area contributed by atoms with E-state index in [9.17, 15) is 22.8 Å². The number of nitrogens with one attached hydrogen (secondary N) is 2. The first kappa shape index (κ1) is 26.3. The molecule has 194 valence electrons. The average Bonchev–Trinajstić information content (AvgIpc) is 2.92. The molecule has 1 aliphatic heterocycles. The minimum Gasteiger partial charge on any atom is -0.371 e. The molecule has 0 bridgehead atoms. The van der Waals surface area contributed by atoms with Crippen molar-refractivity contribution in [3.8, 4) is 0 Å². The van der Waals surface area contributed by atoms with Crippen molar-refractivity contribution >= 4 is 17.5 Å². The Morgan fingerprint density at radius 3 is 2.27 bits per heavy atom. The molecule has 2 amide bonds. The Hall–Kier alpha value is -3.81. The minimum absolute atomic E-state index is 0.00950. The molecule has 4 rings (SSSR count). The molecular weight excluding hydrogens is 479 g/mol. The first-order valence-electron chi connectivity index (χ1n) is 12.4. The van der Waals surface area contributed by atoms with Gasteiger partial charge in [0, 0.05) is 36.9 Å². The van der Waals surface area contributed by atoms with Gasteiger partial charge in [-0.25, -0.2) is 0 Å². The summed E-state index contributed by atoms with van der Waals surface area (Å²) in [6, 6.07) is 19.8. The van der Waals surface area contributed by atoms with Crippen molar-refractivity contribution in [2.75, 3.05) is 18.0 Å². The molecule has 0 unspecified atom stereocenters. The van der Waals surface area contributed by atoms with Crippen LogP contribution in [0, 0.1) is 0 Å². The van der Waals surface area contributed by atoms with Crippen molar-refractivity contribution < 1.29 is 22.8 Å². The topological polar surface area (TPSA) is 61.4 Å². The highest BCUT2D eigenvalue weighted by Crippen LogP contribution is 2.29. The lowest BCUT2D eigenvalue weighted by atomic mass is 10.0. The number of rotatable bonds is 7. The van der Waals surface area contributed by atoms with Gasteiger partial charge in [-0.3, -0.25) is 9.59 Å². The summed E-state index contributed by atoms with van der Waals surface area (Å²) in [6.07, 6.45) is -2.04. The molecule has 37 heavy (non-hydrogen) atoms. The van der Waals surface area contributed by atoms with Crippen LogP contribution < -0.4 is 15.5 Å². The van der Waals surface area contributed by atoms with E-state index in [1.807, 2.05) is 36.4 Å². The number of nitrogens with zero attached hydrogens (tertiary/aromatic N) is 1. The van der Waals surface area contributed by atoms with Gasteiger partial charge in [-0.05, 0) is 66.8 Å². The number of alkyl halides is 3. The molecule has 3 aromatic rings. The van der Waals surface area contributed by atoms with Gasteiger partial charge in [0.05, 0.1) is 11.1 Å². The van der Waals surface area contributed by atoms with E-state index >= 15 is 0 Å². The molecule has 1 heterocycles. The van der Waals surface area contributed by atoms with Crippen LogP contribution in [-0.4, -0.2) is 30.9 Å². The number of carbonyl (C=O) groups excluding carboxylic acids is 2. The standard InChI is InChI=1S/C29H30F3N3O2/c1-2-20-10-12-22(13-11-20)27(36)34-24-14-16-35(17-15-24)26-9-4-3-8-25(26)28(37)33-19-21-6-5-7-23(18-21)29(30,31)32/h3-13,18,24H,2,14-17,19H2,1H3,(H,33,37)(H,34,36). The van der Waals surface area contributed by atoms with E-state index in [0.29, 0.717) is 29.8 Å². The molecule has 2 N–H and O–H groups in total. The predicted molar refractivity (Wildman–Crippen MR) is 138 cm³/mol. The van der Waals surface area contributed by atoms with E-state index in [2.05, 4.69) is 22.5 Å². The van der Waals surface area contributed by atoms with Gasteiger partial charge < -0.3 is 15.5 Å². The van der Waals surface area contributed by atoms with Crippen LogP contribution in [0.1, 0.15) is 57.2 Å². The fraction of sp³-hybridized carbons (Fsp3) is 0.310. The summed E-state index contributed by atoms with van der Waals surface area (Å²) in [5.74, 6) is -0.436. The highest BCUT2D eigenvalue weighted by atomic mass is 19.4. The molecule has 0 atom stereocenters. The summed E-state index contributed by atoms with van der Waals surface area (Å²) in [7, 11) is 0. The van der Waals surface area contributed by atoms with Crippen molar-refractivity contribution in [3.05, 3.63) is 101 Å². The zero-order chi connectivity index (χ0) is 26.4. The van der Waals surface area contributed by atoms with Gasteiger partial charge in [-0.2, -0.15) is 13.2 Å². The lowest BCUT2D eigenvalue weighted by Crippen LogP contribution is -2.45. The van der Waals surface area contributed by atoms with Crippen LogP contribution in [0.5, 0.6) is 0 Å². The highest BCUT2D eigenvalue weighted by molar-refractivity contribution is 5.99. The first-order chi connectivity index (χ1) is 17.7. The quantitative estimate of drug-likeness (QED) is 0.436. The van der Waals surface area contributed by atoms with Crippen molar-refractivity contribution in [2.45, 2.75) is 44.9 Å². The molecule has 1 saturated heterocycles. The molecule has 0 saturated carbocycles. The van der Waals surface area contributed by atoms with E-state index < -0.39 is 11.7 Å². The molecule has 3 aromatic carbocycles. The third-order valence-corrected chi connectivity index (χ3v) is 6.65. The molecule has 0 radical (unpaired) electrons. The zero-order valence-electron chi connectivity index (χ0n) is 20.6. The molecule has 1 aliphatic rings. The van der Waals surface area contributed by atoms with E-state index in [1.165, 1.54) is 11.6 Å². The monoisotopic (exact) mass is 509 g/mol. The Bertz CT molecular complexity index is 1230. The van der Waals surface area contributed by atoms with Crippen molar-refractivity contribution in [2.24, 2.45) is 0 Å². The summed E-state index contributed by atoms with van der Waals surface area (Å²) in [5.41, 5.74) is 2.69. The number of benzene rings is 3. The maximum atomic E-state index is 13.0. The van der Waals surface area contributed by atoms with Crippen LogP contribution in [0.25, 0.3) is 0 Å². The number of amides is 2. The Labute approximate surface area is 214 Å². The number of hydrogen-bond acceptors (Lipinski definition) is 3. The van der Waals surface area contributed by atoms with Crippen LogP contribution in [0.2, 0.25) is 0 Å². The molecule has 0 aromatic heterocycles. The van der Waals surface area contributed by atoms with Crippen LogP contribution in [0.4, 0.5) is 18.9 Å². The maximum Gasteiger partial charge on any atom is 0.416 e. The smallest absolute Gasteiger partial charge is 0.371 e. The Balaban J connectivity index is 1.34. The summed E-state index contributed by atoms with van der Waals surface area (Å²) in [5, 5.41) is 5.86. The van der Waals surface area contributed by atoms with E-state index in [1.54, 1.807) is 18.2 Å². The number of piperidine rings is 1.